The zero-order valence-corrected chi connectivity index (χ0v) is 16.9. The number of benzene rings is 3. The van der Waals surface area contributed by atoms with E-state index < -0.39 is 7.14 Å². The number of rotatable bonds is 5. The molecule has 0 saturated heterocycles. The van der Waals surface area contributed by atoms with Gasteiger partial charge in [0.1, 0.15) is 0 Å². The molecule has 0 spiro atoms. The first-order valence-electron chi connectivity index (χ1n) is 9.31. The van der Waals surface area contributed by atoms with E-state index in [1.165, 1.54) is 11.1 Å². The molecule has 0 bridgehead atoms. The van der Waals surface area contributed by atoms with Gasteiger partial charge in [0.05, 0.1) is 0 Å². The number of hydrogen-bond acceptors (Lipinski definition) is 1. The third-order valence-corrected chi connectivity index (χ3v) is 8.09. The van der Waals surface area contributed by atoms with Gasteiger partial charge < -0.3 is 4.57 Å². The molecule has 0 N–H and O–H groups in total. The predicted octanol–water partition coefficient (Wildman–Crippen LogP) is 5.57. The number of hydrogen-bond donors (Lipinski definition) is 0. The van der Waals surface area contributed by atoms with Crippen LogP contribution in [0.4, 0.5) is 0 Å². The normalized spacial score (nSPS) is 11.9. The zero-order chi connectivity index (χ0) is 18.7. The molecule has 0 aliphatic carbocycles. The molecule has 0 amide bonds. The lowest BCUT2D eigenvalue weighted by Crippen LogP contribution is -2.30. The molecule has 0 aliphatic rings. The van der Waals surface area contributed by atoms with Gasteiger partial charge in [0.2, 0.25) is 0 Å². The van der Waals surface area contributed by atoms with E-state index in [2.05, 4.69) is 45.9 Å². The first-order chi connectivity index (χ1) is 12.5. The van der Waals surface area contributed by atoms with E-state index in [1.807, 2.05) is 60.7 Å². The van der Waals surface area contributed by atoms with Crippen LogP contribution < -0.4 is 15.9 Å². The van der Waals surface area contributed by atoms with Gasteiger partial charge >= 0.3 is 0 Å². The van der Waals surface area contributed by atoms with Crippen molar-refractivity contribution in [1.82, 2.24) is 0 Å². The lowest BCUT2D eigenvalue weighted by Gasteiger charge is -2.28. The summed E-state index contributed by atoms with van der Waals surface area (Å²) in [4.78, 5) is 0. The fourth-order valence-corrected chi connectivity index (χ4v) is 6.95. The van der Waals surface area contributed by atoms with Gasteiger partial charge in [-0.15, -0.1) is 0 Å². The lowest BCUT2D eigenvalue weighted by atomic mass is 9.95. The highest BCUT2D eigenvalue weighted by Gasteiger charge is 2.34. The first kappa shape index (κ1) is 18.7. The Kier molecular flexibility index (Phi) is 5.49. The standard InChI is InChI=1S/C24H27OP/c1-18(2)22-16-11-17-23(19(3)4)24(22)26(25,20-12-7-5-8-13-20)21-14-9-6-10-15-21/h5-19H,1-4H3. The van der Waals surface area contributed by atoms with Crippen molar-refractivity contribution in [1.29, 1.82) is 0 Å². The molecule has 2 heteroatoms. The van der Waals surface area contributed by atoms with Crippen LogP contribution in [0, 0.1) is 0 Å². The molecular formula is C24H27OP. The second-order valence-corrected chi connectivity index (χ2v) is 10.1. The average molecular weight is 362 g/mol. The van der Waals surface area contributed by atoms with Crippen LogP contribution in [0.25, 0.3) is 0 Å². The monoisotopic (exact) mass is 362 g/mol. The van der Waals surface area contributed by atoms with E-state index in [0.29, 0.717) is 11.8 Å². The van der Waals surface area contributed by atoms with E-state index >= 15 is 0 Å². The topological polar surface area (TPSA) is 17.1 Å². The molecule has 134 valence electrons. The van der Waals surface area contributed by atoms with Gasteiger partial charge in [0.15, 0.2) is 7.14 Å². The van der Waals surface area contributed by atoms with E-state index in [0.717, 1.165) is 15.9 Å². The van der Waals surface area contributed by atoms with Crippen molar-refractivity contribution in [3.05, 3.63) is 90.0 Å². The van der Waals surface area contributed by atoms with Crippen LogP contribution in [0.1, 0.15) is 50.7 Å². The molecule has 0 unspecified atom stereocenters. The highest BCUT2D eigenvalue weighted by molar-refractivity contribution is 7.85. The summed E-state index contributed by atoms with van der Waals surface area (Å²) in [7, 11) is -2.96. The minimum Gasteiger partial charge on any atom is -0.309 e. The van der Waals surface area contributed by atoms with E-state index in [9.17, 15) is 4.57 Å². The van der Waals surface area contributed by atoms with Crippen LogP contribution >= 0.6 is 7.14 Å². The second kappa shape index (κ2) is 7.64. The van der Waals surface area contributed by atoms with Crippen molar-refractivity contribution in [2.24, 2.45) is 0 Å². The molecule has 0 aromatic heterocycles. The van der Waals surface area contributed by atoms with Crippen molar-refractivity contribution in [2.75, 3.05) is 0 Å². The van der Waals surface area contributed by atoms with E-state index in [4.69, 9.17) is 0 Å². The van der Waals surface area contributed by atoms with Gasteiger partial charge in [-0.3, -0.25) is 0 Å². The SMILES string of the molecule is CC(C)c1cccc(C(C)C)c1P(=O)(c1ccccc1)c1ccccc1. The molecule has 1 nitrogen and oxygen atoms in total. The summed E-state index contributed by atoms with van der Waals surface area (Å²) in [5, 5.41) is 2.84. The minimum absolute atomic E-state index is 0.310. The fourth-order valence-electron chi connectivity index (χ4n) is 3.56. The molecule has 3 aromatic carbocycles. The highest BCUT2D eigenvalue weighted by Crippen LogP contribution is 2.46. The third kappa shape index (κ3) is 3.29. The molecule has 26 heavy (non-hydrogen) atoms. The smallest absolute Gasteiger partial charge is 0.171 e. The van der Waals surface area contributed by atoms with Crippen molar-refractivity contribution in [3.63, 3.8) is 0 Å². The summed E-state index contributed by atoms with van der Waals surface area (Å²) in [5.41, 5.74) is 2.37. The molecule has 0 saturated carbocycles. The Morgan fingerprint density at radius 1 is 0.577 bits per heavy atom. The Bertz CT molecular complexity index is 842. The molecular weight excluding hydrogens is 335 g/mol. The lowest BCUT2D eigenvalue weighted by molar-refractivity contribution is 0.592. The van der Waals surface area contributed by atoms with Crippen LogP contribution in [-0.2, 0) is 4.57 Å². The summed E-state index contributed by atoms with van der Waals surface area (Å²) in [6.45, 7) is 8.74. The molecule has 3 rings (SSSR count). The van der Waals surface area contributed by atoms with Gasteiger partial charge in [-0.25, -0.2) is 0 Å². The largest absolute Gasteiger partial charge is 0.309 e. The Morgan fingerprint density at radius 2 is 0.962 bits per heavy atom. The van der Waals surface area contributed by atoms with E-state index in [-0.39, 0.29) is 0 Å². The fraction of sp³-hybridized carbons (Fsp3) is 0.250. The van der Waals surface area contributed by atoms with Crippen molar-refractivity contribution in [3.8, 4) is 0 Å². The first-order valence-corrected chi connectivity index (χ1v) is 11.0. The van der Waals surface area contributed by atoms with Gasteiger partial charge in [-0.2, -0.15) is 0 Å². The van der Waals surface area contributed by atoms with Gasteiger partial charge in [-0.05, 0) is 23.0 Å². The van der Waals surface area contributed by atoms with Crippen molar-refractivity contribution < 1.29 is 4.57 Å². The summed E-state index contributed by atoms with van der Waals surface area (Å²) >= 11 is 0. The van der Waals surface area contributed by atoms with Crippen LogP contribution in [0.3, 0.4) is 0 Å². The van der Waals surface area contributed by atoms with Crippen molar-refractivity contribution in [2.45, 2.75) is 39.5 Å². The summed E-state index contributed by atoms with van der Waals surface area (Å²) < 4.78 is 14.9. The maximum atomic E-state index is 14.9. The Balaban J connectivity index is 2.44. The summed E-state index contributed by atoms with van der Waals surface area (Å²) in [5.74, 6) is 0.619. The Hall–Kier alpha value is -2.11. The Labute approximate surface area is 157 Å². The maximum absolute atomic E-state index is 14.9. The average Bonchev–Trinajstić information content (AvgIpc) is 2.68. The van der Waals surface area contributed by atoms with Crippen LogP contribution in [0.2, 0.25) is 0 Å². The zero-order valence-electron chi connectivity index (χ0n) is 16.0. The van der Waals surface area contributed by atoms with Crippen LogP contribution in [0.5, 0.6) is 0 Å². The summed E-state index contributed by atoms with van der Waals surface area (Å²) in [6, 6.07) is 26.3. The molecule has 3 aromatic rings. The summed E-state index contributed by atoms with van der Waals surface area (Å²) in [6.07, 6.45) is 0. The molecule has 0 aliphatic heterocycles. The maximum Gasteiger partial charge on any atom is 0.171 e. The van der Waals surface area contributed by atoms with E-state index in [1.54, 1.807) is 0 Å². The minimum atomic E-state index is -2.96. The Morgan fingerprint density at radius 3 is 1.31 bits per heavy atom. The highest BCUT2D eigenvalue weighted by atomic mass is 31.2. The third-order valence-electron chi connectivity index (χ3n) is 4.90. The molecule has 0 heterocycles. The predicted molar refractivity (Wildman–Crippen MR) is 114 cm³/mol. The molecule has 0 fully saturated rings. The second-order valence-electron chi connectivity index (χ2n) is 7.37. The van der Waals surface area contributed by atoms with Crippen LogP contribution in [0.15, 0.2) is 78.9 Å². The van der Waals surface area contributed by atoms with Gasteiger partial charge in [-0.1, -0.05) is 107 Å². The van der Waals surface area contributed by atoms with Gasteiger partial charge in [0.25, 0.3) is 0 Å². The molecule has 0 atom stereocenters. The van der Waals surface area contributed by atoms with Gasteiger partial charge in [0, 0.05) is 15.9 Å². The molecule has 0 radical (unpaired) electrons. The van der Waals surface area contributed by atoms with Crippen LogP contribution in [-0.4, -0.2) is 0 Å². The van der Waals surface area contributed by atoms with Crippen molar-refractivity contribution >= 4 is 23.1 Å². The quantitative estimate of drug-likeness (QED) is 0.542.